The van der Waals surface area contributed by atoms with Gasteiger partial charge in [-0.05, 0) is 36.4 Å². The normalized spacial score (nSPS) is 11.4. The molecule has 8 nitrogen and oxygen atoms in total. The van der Waals surface area contributed by atoms with E-state index in [1.807, 2.05) is 0 Å². The van der Waals surface area contributed by atoms with Crippen molar-refractivity contribution in [1.29, 1.82) is 0 Å². The minimum absolute atomic E-state index is 0.205. The molecule has 11 heteroatoms. The molecule has 0 radical (unpaired) electrons. The van der Waals surface area contributed by atoms with Gasteiger partial charge in [0.05, 0.1) is 11.4 Å². The molecule has 0 atom stereocenters. The number of nitrogens with zero attached hydrogens (tertiary/aromatic N) is 1. The molecule has 0 aliphatic carbocycles. The molecule has 1 amide bonds. The third-order valence-electron chi connectivity index (χ3n) is 4.27. The minimum atomic E-state index is -4.00. The Balaban J connectivity index is 1.56. The van der Waals surface area contributed by atoms with Crippen LogP contribution in [0.1, 0.15) is 5.69 Å². The van der Waals surface area contributed by atoms with Gasteiger partial charge in [0, 0.05) is 27.1 Å². The molecule has 0 spiro atoms. The number of amides is 1. The lowest BCUT2D eigenvalue weighted by Crippen LogP contribution is -2.12. The van der Waals surface area contributed by atoms with Crippen molar-refractivity contribution in [1.82, 2.24) is 4.98 Å². The third-order valence-corrected chi connectivity index (χ3v) is 6.83. The average molecular weight is 490 g/mol. The van der Waals surface area contributed by atoms with Crippen molar-refractivity contribution in [3.05, 3.63) is 77.4 Å². The van der Waals surface area contributed by atoms with E-state index in [1.54, 1.807) is 48.5 Å². The highest BCUT2D eigenvalue weighted by Crippen LogP contribution is 2.34. The van der Waals surface area contributed by atoms with Crippen LogP contribution in [0.3, 0.4) is 0 Å². The highest BCUT2D eigenvalue weighted by Gasteiger charge is 2.21. The number of sulfonamides is 1. The molecule has 164 valence electrons. The molecule has 2 aromatic heterocycles. The van der Waals surface area contributed by atoms with Crippen LogP contribution < -0.4 is 10.0 Å². The van der Waals surface area contributed by atoms with Crippen LogP contribution in [0.25, 0.3) is 11.0 Å². The number of rotatable bonds is 7. The molecule has 4 rings (SSSR count). The van der Waals surface area contributed by atoms with E-state index in [2.05, 4.69) is 15.0 Å². The van der Waals surface area contributed by atoms with Gasteiger partial charge >= 0.3 is 6.09 Å². The van der Waals surface area contributed by atoms with Crippen molar-refractivity contribution in [2.24, 2.45) is 0 Å². The summed E-state index contributed by atoms with van der Waals surface area (Å²) in [4.78, 5) is 15.6. The first-order valence-electron chi connectivity index (χ1n) is 9.20. The minimum Gasteiger partial charge on any atom is -0.465 e. The molecule has 0 fully saturated rings. The van der Waals surface area contributed by atoms with E-state index >= 15 is 0 Å². The lowest BCUT2D eigenvalue weighted by molar-refractivity contribution is 0.209. The van der Waals surface area contributed by atoms with Crippen molar-refractivity contribution in [2.45, 2.75) is 15.7 Å². The number of furan rings is 1. The number of thioether (sulfide) groups is 1. The Morgan fingerprint density at radius 3 is 2.69 bits per heavy atom. The van der Waals surface area contributed by atoms with Gasteiger partial charge in [-0.1, -0.05) is 35.9 Å². The Bertz CT molecular complexity index is 1370. The molecule has 3 N–H and O–H groups in total. The lowest BCUT2D eigenvalue weighted by atomic mass is 10.3. The second-order valence-corrected chi connectivity index (χ2v) is 9.65. The molecule has 0 saturated heterocycles. The number of nitrogens with one attached hydrogen (secondary N) is 2. The van der Waals surface area contributed by atoms with Crippen LogP contribution in [0.5, 0.6) is 0 Å². The van der Waals surface area contributed by atoms with Crippen molar-refractivity contribution in [3.63, 3.8) is 0 Å². The summed E-state index contributed by atoms with van der Waals surface area (Å²) >= 11 is 7.42. The molecule has 0 bridgehead atoms. The smallest absolute Gasteiger partial charge is 0.410 e. The number of carboxylic acid groups (broad SMARTS) is 1. The summed E-state index contributed by atoms with van der Waals surface area (Å²) in [6.45, 7) is 0. The van der Waals surface area contributed by atoms with E-state index in [9.17, 15) is 13.2 Å². The highest BCUT2D eigenvalue weighted by molar-refractivity contribution is 7.98. The van der Waals surface area contributed by atoms with E-state index in [1.165, 1.54) is 30.0 Å². The molecule has 2 aromatic carbocycles. The van der Waals surface area contributed by atoms with Crippen LogP contribution in [0.2, 0.25) is 5.02 Å². The largest absolute Gasteiger partial charge is 0.465 e. The Morgan fingerprint density at radius 1 is 1.09 bits per heavy atom. The van der Waals surface area contributed by atoms with Crippen molar-refractivity contribution < 1.29 is 22.7 Å². The summed E-state index contributed by atoms with van der Waals surface area (Å²) in [5.74, 6) is 0.577. The number of aromatic nitrogens is 1. The maximum atomic E-state index is 12.9. The second kappa shape index (κ2) is 9.11. The number of hydrogen-bond acceptors (Lipinski definition) is 6. The molecule has 0 unspecified atom stereocenters. The second-order valence-electron chi connectivity index (χ2n) is 6.58. The van der Waals surface area contributed by atoms with Gasteiger partial charge in [0.1, 0.15) is 11.4 Å². The summed E-state index contributed by atoms with van der Waals surface area (Å²) in [5, 5.41) is 11.9. The van der Waals surface area contributed by atoms with Crippen LogP contribution in [-0.4, -0.2) is 24.6 Å². The maximum absolute atomic E-state index is 12.9. The Hall–Kier alpha value is -3.21. The fourth-order valence-corrected chi connectivity index (χ4v) is 5.05. The maximum Gasteiger partial charge on any atom is 0.410 e. The number of hydrogen-bond donors (Lipinski definition) is 3. The van der Waals surface area contributed by atoms with Gasteiger partial charge in [-0.25, -0.2) is 9.78 Å². The van der Waals surface area contributed by atoms with Gasteiger partial charge < -0.3 is 9.52 Å². The number of benzene rings is 2. The van der Waals surface area contributed by atoms with Gasteiger partial charge in [-0.15, -0.1) is 11.8 Å². The summed E-state index contributed by atoms with van der Waals surface area (Å²) in [5.41, 5.74) is 1.37. The van der Waals surface area contributed by atoms with Crippen molar-refractivity contribution >= 4 is 62.0 Å². The molecular weight excluding hydrogens is 474 g/mol. The quantitative estimate of drug-likeness (QED) is 0.286. The van der Waals surface area contributed by atoms with Crippen LogP contribution >= 0.6 is 23.4 Å². The third kappa shape index (κ3) is 5.16. The first-order valence-corrected chi connectivity index (χ1v) is 12.0. The summed E-state index contributed by atoms with van der Waals surface area (Å²) in [7, 11) is -4.00. The van der Waals surface area contributed by atoms with Gasteiger partial charge in [-0.3, -0.25) is 10.0 Å². The van der Waals surface area contributed by atoms with E-state index in [-0.39, 0.29) is 10.9 Å². The zero-order valence-corrected chi connectivity index (χ0v) is 18.7. The summed E-state index contributed by atoms with van der Waals surface area (Å²) in [6, 6.07) is 18.3. The first kappa shape index (κ1) is 22.0. The molecule has 32 heavy (non-hydrogen) atoms. The number of pyridine rings is 1. The van der Waals surface area contributed by atoms with Gasteiger partial charge in [-0.2, -0.15) is 8.42 Å². The predicted octanol–water partition coefficient (Wildman–Crippen LogP) is 5.66. The van der Waals surface area contributed by atoms with Crippen LogP contribution in [0.15, 0.2) is 81.1 Å². The van der Waals surface area contributed by atoms with Crippen molar-refractivity contribution in [3.8, 4) is 0 Å². The molecule has 0 aliphatic rings. The topological polar surface area (TPSA) is 122 Å². The van der Waals surface area contributed by atoms with Crippen LogP contribution in [-0.2, 0) is 15.8 Å². The Kier molecular flexibility index (Phi) is 6.26. The average Bonchev–Trinajstić information content (AvgIpc) is 3.18. The SMILES string of the molecule is O=C(O)Nc1cccc(CSc2ccc(Cl)cc2NS(=O)(=O)c2cc3ccccc3o2)n1. The van der Waals surface area contributed by atoms with Crippen molar-refractivity contribution in [2.75, 3.05) is 10.0 Å². The fourth-order valence-electron chi connectivity index (χ4n) is 2.88. The predicted molar refractivity (Wildman–Crippen MR) is 124 cm³/mol. The van der Waals surface area contributed by atoms with Crippen LogP contribution in [0, 0.1) is 0 Å². The van der Waals surface area contributed by atoms with Gasteiger partial charge in [0.15, 0.2) is 0 Å². The zero-order valence-electron chi connectivity index (χ0n) is 16.3. The lowest BCUT2D eigenvalue weighted by Gasteiger charge is -2.12. The number of carbonyl (C=O) groups is 1. The summed E-state index contributed by atoms with van der Waals surface area (Å²) < 4.78 is 33.9. The first-order chi connectivity index (χ1) is 15.3. The Labute approximate surface area is 192 Å². The molecule has 0 saturated carbocycles. The van der Waals surface area contributed by atoms with E-state index in [4.69, 9.17) is 21.1 Å². The van der Waals surface area contributed by atoms with E-state index in [0.717, 1.165) is 0 Å². The Morgan fingerprint density at radius 2 is 1.91 bits per heavy atom. The molecule has 2 heterocycles. The number of halogens is 1. The van der Waals surface area contributed by atoms with Gasteiger partial charge in [0.2, 0.25) is 5.09 Å². The number of fused-ring (bicyclic) bond motifs is 1. The molecule has 4 aromatic rings. The zero-order chi connectivity index (χ0) is 22.7. The highest BCUT2D eigenvalue weighted by atomic mass is 35.5. The van der Waals surface area contributed by atoms with Gasteiger partial charge in [0.25, 0.3) is 10.0 Å². The monoisotopic (exact) mass is 489 g/mol. The van der Waals surface area contributed by atoms with Crippen LogP contribution in [0.4, 0.5) is 16.3 Å². The standard InChI is InChI=1S/C21H16ClN3O5S2/c22-14-8-9-18(31-12-15-5-3-7-19(23-15)24-21(26)27)16(11-14)25-32(28,29)20-10-13-4-1-2-6-17(13)30-20/h1-11,25H,12H2,(H,23,24)(H,26,27). The molecular formula is C21H16ClN3O5S2. The van der Waals surface area contributed by atoms with E-state index < -0.39 is 16.1 Å². The molecule has 0 aliphatic heterocycles. The van der Waals surface area contributed by atoms with E-state index in [0.29, 0.717) is 38.0 Å². The number of para-hydroxylation sites is 1. The fraction of sp³-hybridized carbons (Fsp3) is 0.0476. The summed E-state index contributed by atoms with van der Waals surface area (Å²) in [6.07, 6.45) is -1.21. The number of anilines is 2.